The maximum absolute atomic E-state index is 12.8. The molecule has 104 valence electrons. The van der Waals surface area contributed by atoms with E-state index >= 15 is 0 Å². The van der Waals surface area contributed by atoms with Gasteiger partial charge in [0.15, 0.2) is 0 Å². The van der Waals surface area contributed by atoms with E-state index in [1.165, 1.54) is 24.3 Å². The molecule has 0 fully saturated rings. The molecule has 1 unspecified atom stereocenters. The zero-order chi connectivity index (χ0) is 14.7. The minimum absolute atomic E-state index is 0.0427. The van der Waals surface area contributed by atoms with Crippen molar-refractivity contribution in [3.8, 4) is 0 Å². The molecule has 0 radical (unpaired) electrons. The van der Waals surface area contributed by atoms with Crippen molar-refractivity contribution < 1.29 is 9.31 Å². The van der Waals surface area contributed by atoms with Gasteiger partial charge in [0, 0.05) is 6.07 Å². The topological polar surface area (TPSA) is 81.0 Å². The van der Waals surface area contributed by atoms with Crippen LogP contribution in [0.15, 0.2) is 30.5 Å². The molecule has 0 aliphatic heterocycles. The molecule has 0 saturated carbocycles. The van der Waals surface area contributed by atoms with Crippen LogP contribution in [0.2, 0.25) is 5.15 Å². The van der Waals surface area contributed by atoms with Gasteiger partial charge in [0.05, 0.1) is 22.9 Å². The molecule has 0 saturated heterocycles. The molecular formula is C12H10ClFN4O2. The largest absolute Gasteiger partial charge is 0.356 e. The van der Waals surface area contributed by atoms with E-state index in [0.29, 0.717) is 5.69 Å². The zero-order valence-electron chi connectivity index (χ0n) is 10.4. The summed E-state index contributed by atoms with van der Waals surface area (Å²) in [5.41, 5.74) is 0.339. The highest BCUT2D eigenvalue weighted by atomic mass is 35.5. The third-order valence-corrected chi connectivity index (χ3v) is 2.79. The molecule has 0 spiro atoms. The van der Waals surface area contributed by atoms with Crippen LogP contribution in [-0.4, -0.2) is 14.9 Å². The number of halogens is 2. The van der Waals surface area contributed by atoms with Crippen molar-refractivity contribution in [1.29, 1.82) is 0 Å². The molecule has 0 amide bonds. The Bertz CT molecular complexity index is 636. The van der Waals surface area contributed by atoms with E-state index in [2.05, 4.69) is 15.3 Å². The van der Waals surface area contributed by atoms with Gasteiger partial charge < -0.3 is 5.32 Å². The van der Waals surface area contributed by atoms with Gasteiger partial charge in [-0.25, -0.2) is 9.37 Å². The van der Waals surface area contributed by atoms with Gasteiger partial charge in [0.1, 0.15) is 11.0 Å². The van der Waals surface area contributed by atoms with Crippen LogP contribution in [0.4, 0.5) is 15.9 Å². The molecule has 8 heteroatoms. The number of hydrogen-bond acceptors (Lipinski definition) is 5. The lowest BCUT2D eigenvalue weighted by Gasteiger charge is -2.14. The van der Waals surface area contributed by atoms with E-state index in [-0.39, 0.29) is 22.7 Å². The van der Waals surface area contributed by atoms with Gasteiger partial charge in [-0.15, -0.1) is 0 Å². The Morgan fingerprint density at radius 3 is 2.75 bits per heavy atom. The average molecular weight is 297 g/mol. The van der Waals surface area contributed by atoms with Crippen molar-refractivity contribution in [2.24, 2.45) is 0 Å². The fraction of sp³-hybridized carbons (Fsp3) is 0.167. The Labute approximate surface area is 118 Å². The van der Waals surface area contributed by atoms with Crippen LogP contribution in [0.3, 0.4) is 0 Å². The Balaban J connectivity index is 2.27. The molecule has 6 nitrogen and oxygen atoms in total. The highest BCUT2D eigenvalue weighted by molar-refractivity contribution is 6.29. The van der Waals surface area contributed by atoms with E-state index < -0.39 is 10.7 Å². The second-order valence-electron chi connectivity index (χ2n) is 4.03. The summed E-state index contributed by atoms with van der Waals surface area (Å²) in [5.74, 6) is -0.408. The van der Waals surface area contributed by atoms with E-state index in [0.717, 1.165) is 6.20 Å². The maximum atomic E-state index is 12.8. The molecule has 2 aromatic heterocycles. The molecule has 1 atom stereocenters. The van der Waals surface area contributed by atoms with Crippen molar-refractivity contribution in [1.82, 2.24) is 9.97 Å². The summed E-state index contributed by atoms with van der Waals surface area (Å²) >= 11 is 5.73. The fourth-order valence-corrected chi connectivity index (χ4v) is 1.75. The molecule has 0 aliphatic rings. The van der Waals surface area contributed by atoms with Crippen molar-refractivity contribution in [3.05, 3.63) is 57.2 Å². The van der Waals surface area contributed by atoms with Crippen LogP contribution < -0.4 is 5.32 Å². The smallest absolute Gasteiger partial charge is 0.311 e. The first kappa shape index (κ1) is 14.1. The lowest BCUT2D eigenvalue weighted by atomic mass is 10.2. The minimum atomic E-state index is -0.559. The van der Waals surface area contributed by atoms with Crippen LogP contribution in [0, 0.1) is 15.9 Å². The quantitative estimate of drug-likeness (QED) is 0.531. The van der Waals surface area contributed by atoms with E-state index in [4.69, 9.17) is 11.6 Å². The minimum Gasteiger partial charge on any atom is -0.356 e. The SMILES string of the molecule is CC(Nc1nc(Cl)ccc1[N+](=O)[O-])c1ccc(F)cn1. The first-order valence-corrected chi connectivity index (χ1v) is 6.04. The monoisotopic (exact) mass is 296 g/mol. The van der Waals surface area contributed by atoms with Crippen molar-refractivity contribution in [2.45, 2.75) is 13.0 Å². The molecule has 2 rings (SSSR count). The van der Waals surface area contributed by atoms with E-state index in [1.807, 2.05) is 0 Å². The van der Waals surface area contributed by atoms with Gasteiger partial charge >= 0.3 is 5.69 Å². The first-order valence-electron chi connectivity index (χ1n) is 5.66. The molecule has 20 heavy (non-hydrogen) atoms. The van der Waals surface area contributed by atoms with Gasteiger partial charge in [-0.3, -0.25) is 15.1 Å². The number of nitro groups is 1. The second-order valence-corrected chi connectivity index (χ2v) is 4.41. The number of anilines is 1. The molecule has 2 heterocycles. The predicted octanol–water partition coefficient (Wildman–Crippen LogP) is 3.35. The Kier molecular flexibility index (Phi) is 4.09. The summed E-state index contributed by atoms with van der Waals surface area (Å²) in [6.45, 7) is 1.73. The summed E-state index contributed by atoms with van der Waals surface area (Å²) < 4.78 is 12.8. The van der Waals surface area contributed by atoms with Crippen LogP contribution in [0.1, 0.15) is 18.7 Å². The van der Waals surface area contributed by atoms with Crippen LogP contribution in [0.5, 0.6) is 0 Å². The van der Waals surface area contributed by atoms with Gasteiger partial charge in [-0.2, -0.15) is 0 Å². The molecular weight excluding hydrogens is 287 g/mol. The highest BCUT2D eigenvalue weighted by Gasteiger charge is 2.18. The standard InChI is InChI=1S/C12H10ClFN4O2/c1-7(9-3-2-8(14)6-15-9)16-12-10(18(19)20)4-5-11(13)17-12/h2-7H,1H3,(H,16,17). The highest BCUT2D eigenvalue weighted by Crippen LogP contribution is 2.27. The Hall–Kier alpha value is -2.28. The van der Waals surface area contributed by atoms with E-state index in [9.17, 15) is 14.5 Å². The van der Waals surface area contributed by atoms with Crippen molar-refractivity contribution in [2.75, 3.05) is 5.32 Å². The van der Waals surface area contributed by atoms with Crippen LogP contribution in [0.25, 0.3) is 0 Å². The number of nitrogens with one attached hydrogen (secondary N) is 1. The molecule has 0 aromatic carbocycles. The molecule has 0 bridgehead atoms. The summed E-state index contributed by atoms with van der Waals surface area (Å²) in [6.07, 6.45) is 1.08. The van der Waals surface area contributed by atoms with Crippen LogP contribution >= 0.6 is 11.6 Å². The summed E-state index contributed by atoms with van der Waals surface area (Å²) in [6, 6.07) is 4.97. The van der Waals surface area contributed by atoms with Gasteiger partial charge in [-0.1, -0.05) is 11.6 Å². The summed E-state index contributed by atoms with van der Waals surface area (Å²) in [4.78, 5) is 18.1. The average Bonchev–Trinajstić information content (AvgIpc) is 2.39. The number of aromatic nitrogens is 2. The molecule has 0 aliphatic carbocycles. The normalized spacial score (nSPS) is 11.9. The Morgan fingerprint density at radius 1 is 1.40 bits per heavy atom. The predicted molar refractivity (Wildman–Crippen MR) is 72.1 cm³/mol. The molecule has 2 aromatic rings. The third kappa shape index (κ3) is 3.18. The van der Waals surface area contributed by atoms with Crippen LogP contribution in [-0.2, 0) is 0 Å². The first-order chi connectivity index (χ1) is 9.47. The van der Waals surface area contributed by atoms with Gasteiger partial charge in [0.25, 0.3) is 0 Å². The Morgan fingerprint density at radius 2 is 2.15 bits per heavy atom. The maximum Gasteiger partial charge on any atom is 0.311 e. The number of hydrogen-bond donors (Lipinski definition) is 1. The van der Waals surface area contributed by atoms with Gasteiger partial charge in [0.2, 0.25) is 5.82 Å². The van der Waals surface area contributed by atoms with Gasteiger partial charge in [-0.05, 0) is 25.1 Å². The number of nitrogens with zero attached hydrogens (tertiary/aromatic N) is 3. The number of rotatable bonds is 4. The third-order valence-electron chi connectivity index (χ3n) is 2.58. The lowest BCUT2D eigenvalue weighted by molar-refractivity contribution is -0.384. The van der Waals surface area contributed by atoms with Crippen molar-refractivity contribution >= 4 is 23.1 Å². The lowest BCUT2D eigenvalue weighted by Crippen LogP contribution is -2.11. The zero-order valence-corrected chi connectivity index (χ0v) is 11.1. The summed E-state index contributed by atoms with van der Waals surface area (Å²) in [5, 5.41) is 13.9. The van der Waals surface area contributed by atoms with Crippen molar-refractivity contribution in [3.63, 3.8) is 0 Å². The second kappa shape index (κ2) is 5.79. The number of pyridine rings is 2. The van der Waals surface area contributed by atoms with E-state index in [1.54, 1.807) is 6.92 Å². The fourth-order valence-electron chi connectivity index (χ4n) is 1.60. The summed E-state index contributed by atoms with van der Waals surface area (Å²) in [7, 11) is 0. The molecule has 1 N–H and O–H groups in total.